The number of hydrogen-bond donors (Lipinski definition) is 0. The first-order valence-corrected chi connectivity index (χ1v) is 8.28. The van der Waals surface area contributed by atoms with E-state index in [0.717, 1.165) is 40.3 Å². The number of fused-ring (bicyclic) bond motifs is 1. The Morgan fingerprint density at radius 3 is 2.62 bits per heavy atom. The van der Waals surface area contributed by atoms with Gasteiger partial charge in [0.1, 0.15) is 5.82 Å². The lowest BCUT2D eigenvalue weighted by Gasteiger charge is -2.10. The highest BCUT2D eigenvalue weighted by Crippen LogP contribution is 2.24. The van der Waals surface area contributed by atoms with Crippen LogP contribution in [0.3, 0.4) is 0 Å². The van der Waals surface area contributed by atoms with Crippen molar-refractivity contribution in [1.29, 1.82) is 0 Å². The van der Waals surface area contributed by atoms with Crippen LogP contribution in [0, 0.1) is 0 Å². The molecule has 126 valence electrons. The highest BCUT2D eigenvalue weighted by atomic mass is 35.5. The zero-order valence-corrected chi connectivity index (χ0v) is 15.5. The summed E-state index contributed by atoms with van der Waals surface area (Å²) < 4.78 is 2.11. The minimum Gasteiger partial charge on any atom is -0.323 e. The van der Waals surface area contributed by atoms with Crippen LogP contribution in [0.15, 0.2) is 42.5 Å². The molecular formula is C18H17Cl3N2O. The van der Waals surface area contributed by atoms with Gasteiger partial charge in [0.2, 0.25) is 0 Å². The Labute approximate surface area is 157 Å². The van der Waals surface area contributed by atoms with Gasteiger partial charge in [-0.1, -0.05) is 36.7 Å². The summed E-state index contributed by atoms with van der Waals surface area (Å²) in [6, 6.07) is 13.1. The fourth-order valence-corrected chi connectivity index (χ4v) is 3.00. The Hall–Kier alpha value is -1.55. The Kier molecular flexibility index (Phi) is 6.27. The van der Waals surface area contributed by atoms with Crippen molar-refractivity contribution >= 4 is 51.9 Å². The van der Waals surface area contributed by atoms with E-state index in [-0.39, 0.29) is 12.4 Å². The van der Waals surface area contributed by atoms with Crippen molar-refractivity contribution < 1.29 is 4.79 Å². The second-order valence-electron chi connectivity index (χ2n) is 5.43. The first-order chi connectivity index (χ1) is 11.1. The molecule has 1 heterocycles. The summed E-state index contributed by atoms with van der Waals surface area (Å²) in [5.74, 6) is 0.988. The van der Waals surface area contributed by atoms with E-state index in [2.05, 4.69) is 11.5 Å². The van der Waals surface area contributed by atoms with E-state index in [1.807, 2.05) is 30.3 Å². The number of carbonyl (C=O) groups is 1. The monoisotopic (exact) mass is 382 g/mol. The zero-order chi connectivity index (χ0) is 16.4. The molecule has 0 unspecified atom stereocenters. The first-order valence-electron chi connectivity index (χ1n) is 7.52. The number of hydrogen-bond acceptors (Lipinski definition) is 2. The number of aryl methyl sites for hydroxylation is 1. The SMILES string of the molecule is CCCc1nc2ccc(C(=O)Cl)cc2n1Cc1ccccc1Cl.Cl. The fourth-order valence-electron chi connectivity index (χ4n) is 2.68. The number of aromatic nitrogens is 2. The Morgan fingerprint density at radius 1 is 1.21 bits per heavy atom. The Balaban J connectivity index is 0.00000208. The molecule has 0 radical (unpaired) electrons. The van der Waals surface area contributed by atoms with E-state index in [1.54, 1.807) is 12.1 Å². The van der Waals surface area contributed by atoms with Crippen molar-refractivity contribution in [3.63, 3.8) is 0 Å². The van der Waals surface area contributed by atoms with Crippen LogP contribution in [0.4, 0.5) is 0 Å². The number of imidazole rings is 1. The van der Waals surface area contributed by atoms with Crippen LogP contribution in [0.25, 0.3) is 11.0 Å². The fraction of sp³-hybridized carbons (Fsp3) is 0.222. The van der Waals surface area contributed by atoms with Crippen molar-refractivity contribution in [3.05, 3.63) is 64.4 Å². The van der Waals surface area contributed by atoms with Gasteiger partial charge in [0, 0.05) is 17.0 Å². The number of halogens is 3. The summed E-state index contributed by atoms with van der Waals surface area (Å²) in [4.78, 5) is 16.2. The summed E-state index contributed by atoms with van der Waals surface area (Å²) >= 11 is 11.9. The molecule has 3 rings (SSSR count). The van der Waals surface area contributed by atoms with E-state index in [1.165, 1.54) is 0 Å². The molecule has 2 aromatic carbocycles. The minimum atomic E-state index is -0.463. The van der Waals surface area contributed by atoms with Gasteiger partial charge in [0.25, 0.3) is 5.24 Å². The molecule has 1 aromatic heterocycles. The maximum absolute atomic E-state index is 11.5. The van der Waals surface area contributed by atoms with Gasteiger partial charge in [-0.25, -0.2) is 4.98 Å². The van der Waals surface area contributed by atoms with Gasteiger partial charge in [0.05, 0.1) is 17.6 Å². The van der Waals surface area contributed by atoms with Gasteiger partial charge < -0.3 is 4.57 Å². The lowest BCUT2D eigenvalue weighted by molar-refractivity contribution is 0.108. The Morgan fingerprint density at radius 2 is 1.96 bits per heavy atom. The first kappa shape index (κ1) is 18.8. The molecule has 0 N–H and O–H groups in total. The van der Waals surface area contributed by atoms with Crippen molar-refractivity contribution in [2.24, 2.45) is 0 Å². The lowest BCUT2D eigenvalue weighted by Crippen LogP contribution is -2.06. The summed E-state index contributed by atoms with van der Waals surface area (Å²) in [5, 5.41) is 0.260. The van der Waals surface area contributed by atoms with Crippen molar-refractivity contribution in [2.45, 2.75) is 26.3 Å². The van der Waals surface area contributed by atoms with Gasteiger partial charge in [0.15, 0.2) is 0 Å². The van der Waals surface area contributed by atoms with E-state index in [0.29, 0.717) is 12.1 Å². The molecule has 0 spiro atoms. The number of carbonyl (C=O) groups excluding carboxylic acids is 1. The second kappa shape index (κ2) is 8.02. The standard InChI is InChI=1S/C18H16Cl2N2O.ClH/c1-2-5-17-21-15-9-8-12(18(20)23)10-16(15)22(17)11-13-6-3-4-7-14(13)19;/h3-4,6-10H,2,5,11H2,1H3;1H. The van der Waals surface area contributed by atoms with Crippen LogP contribution in [0.5, 0.6) is 0 Å². The summed E-state index contributed by atoms with van der Waals surface area (Å²) in [6.45, 7) is 2.73. The van der Waals surface area contributed by atoms with Crippen molar-refractivity contribution in [3.8, 4) is 0 Å². The minimum absolute atomic E-state index is 0. The highest BCUT2D eigenvalue weighted by Gasteiger charge is 2.14. The largest absolute Gasteiger partial charge is 0.323 e. The van der Waals surface area contributed by atoms with Crippen LogP contribution in [0.2, 0.25) is 5.02 Å². The molecule has 3 aromatic rings. The second-order valence-corrected chi connectivity index (χ2v) is 6.18. The maximum atomic E-state index is 11.5. The molecule has 0 aliphatic heterocycles. The van der Waals surface area contributed by atoms with Gasteiger partial charge in [-0.05, 0) is 47.9 Å². The smallest absolute Gasteiger partial charge is 0.252 e. The van der Waals surface area contributed by atoms with Crippen molar-refractivity contribution in [2.75, 3.05) is 0 Å². The molecule has 0 amide bonds. The summed E-state index contributed by atoms with van der Waals surface area (Å²) in [6.07, 6.45) is 1.86. The van der Waals surface area contributed by atoms with Gasteiger partial charge in [-0.15, -0.1) is 12.4 Å². The molecular weight excluding hydrogens is 367 g/mol. The molecule has 3 nitrogen and oxygen atoms in total. The molecule has 0 bridgehead atoms. The molecule has 0 aliphatic rings. The third-order valence-electron chi connectivity index (χ3n) is 3.81. The van der Waals surface area contributed by atoms with Gasteiger partial charge in [-0.3, -0.25) is 4.79 Å². The predicted octanol–water partition coefficient (Wildman–Crippen LogP) is 5.49. The van der Waals surface area contributed by atoms with E-state index in [9.17, 15) is 4.79 Å². The lowest BCUT2D eigenvalue weighted by atomic mass is 10.2. The van der Waals surface area contributed by atoms with Crippen LogP contribution < -0.4 is 0 Å². The molecule has 0 atom stereocenters. The van der Waals surface area contributed by atoms with E-state index >= 15 is 0 Å². The normalized spacial score (nSPS) is 10.6. The molecule has 0 aliphatic carbocycles. The summed E-state index contributed by atoms with van der Waals surface area (Å²) in [7, 11) is 0. The molecule has 0 saturated heterocycles. The van der Waals surface area contributed by atoms with E-state index < -0.39 is 5.24 Å². The average molecular weight is 384 g/mol. The molecule has 0 fully saturated rings. The number of nitrogens with zero attached hydrogens (tertiary/aromatic N) is 2. The quantitative estimate of drug-likeness (QED) is 0.546. The zero-order valence-electron chi connectivity index (χ0n) is 13.1. The number of rotatable bonds is 5. The molecule has 0 saturated carbocycles. The Bertz CT molecular complexity index is 874. The maximum Gasteiger partial charge on any atom is 0.252 e. The van der Waals surface area contributed by atoms with Crippen LogP contribution in [-0.4, -0.2) is 14.8 Å². The van der Waals surface area contributed by atoms with Gasteiger partial charge in [-0.2, -0.15) is 0 Å². The highest BCUT2D eigenvalue weighted by molar-refractivity contribution is 6.67. The summed E-state index contributed by atoms with van der Waals surface area (Å²) in [5.41, 5.74) is 3.26. The third-order valence-corrected chi connectivity index (χ3v) is 4.40. The predicted molar refractivity (Wildman–Crippen MR) is 102 cm³/mol. The van der Waals surface area contributed by atoms with Crippen LogP contribution in [-0.2, 0) is 13.0 Å². The third kappa shape index (κ3) is 3.75. The van der Waals surface area contributed by atoms with Crippen LogP contribution in [0.1, 0.15) is 35.1 Å². The molecule has 6 heteroatoms. The van der Waals surface area contributed by atoms with Crippen molar-refractivity contribution in [1.82, 2.24) is 9.55 Å². The van der Waals surface area contributed by atoms with Gasteiger partial charge >= 0.3 is 0 Å². The average Bonchev–Trinajstić information content (AvgIpc) is 2.87. The molecule has 24 heavy (non-hydrogen) atoms. The number of benzene rings is 2. The topological polar surface area (TPSA) is 34.9 Å². The van der Waals surface area contributed by atoms with E-state index in [4.69, 9.17) is 28.2 Å². The van der Waals surface area contributed by atoms with Crippen LogP contribution >= 0.6 is 35.6 Å².